The average Bonchev–Trinajstić information content (AvgIpc) is 2.78. The Morgan fingerprint density at radius 1 is 1.00 bits per heavy atom. The highest BCUT2D eigenvalue weighted by molar-refractivity contribution is 5.94. The number of amides is 1. The number of likely N-dealkylation sites (N-methyl/N-ethyl adjacent to an activating group) is 1. The summed E-state index contributed by atoms with van der Waals surface area (Å²) < 4.78 is 10.6. The van der Waals surface area contributed by atoms with Crippen LogP contribution < -0.4 is 19.7 Å². The molecule has 0 unspecified atom stereocenters. The van der Waals surface area contributed by atoms with E-state index in [1.54, 1.807) is 14.2 Å². The van der Waals surface area contributed by atoms with Crippen molar-refractivity contribution in [1.29, 1.82) is 0 Å². The van der Waals surface area contributed by atoms with E-state index in [0.29, 0.717) is 24.3 Å². The second kappa shape index (κ2) is 10.2. The minimum Gasteiger partial charge on any atom is -0.493 e. The summed E-state index contributed by atoms with van der Waals surface area (Å²) in [6.45, 7) is 7.35. The van der Waals surface area contributed by atoms with Gasteiger partial charge in [-0.3, -0.25) is 4.79 Å². The smallest absolute Gasteiger partial charge is 0.224 e. The van der Waals surface area contributed by atoms with E-state index < -0.39 is 0 Å². The molecule has 0 bridgehead atoms. The van der Waals surface area contributed by atoms with Crippen molar-refractivity contribution in [3.05, 3.63) is 48.0 Å². The van der Waals surface area contributed by atoms with Gasteiger partial charge in [0.05, 0.1) is 25.6 Å². The van der Waals surface area contributed by atoms with Crippen LogP contribution in [-0.2, 0) is 11.2 Å². The summed E-state index contributed by atoms with van der Waals surface area (Å²) >= 11 is 0. The van der Waals surface area contributed by atoms with E-state index in [-0.39, 0.29) is 5.91 Å². The first-order valence-corrected chi connectivity index (χ1v) is 10.2. The summed E-state index contributed by atoms with van der Waals surface area (Å²) in [5, 5.41) is 3.10. The number of nitrogens with zero attached hydrogens (tertiary/aromatic N) is 2. The molecule has 0 aliphatic carbocycles. The van der Waals surface area contributed by atoms with Gasteiger partial charge in [-0.25, -0.2) is 0 Å². The topological polar surface area (TPSA) is 54.0 Å². The van der Waals surface area contributed by atoms with Crippen molar-refractivity contribution in [2.75, 3.05) is 57.2 Å². The van der Waals surface area contributed by atoms with Crippen molar-refractivity contribution < 1.29 is 14.3 Å². The van der Waals surface area contributed by atoms with Crippen molar-refractivity contribution in [1.82, 2.24) is 4.90 Å². The van der Waals surface area contributed by atoms with Crippen LogP contribution in [0.1, 0.15) is 18.9 Å². The molecule has 2 aromatic rings. The van der Waals surface area contributed by atoms with Crippen molar-refractivity contribution in [3.63, 3.8) is 0 Å². The lowest BCUT2D eigenvalue weighted by Crippen LogP contribution is -2.46. The number of ether oxygens (including phenoxy) is 2. The highest BCUT2D eigenvalue weighted by Gasteiger charge is 2.18. The van der Waals surface area contributed by atoms with Crippen LogP contribution in [0.25, 0.3) is 0 Å². The molecule has 1 N–H and O–H groups in total. The number of nitrogens with one attached hydrogen (secondary N) is 1. The molecule has 1 amide bonds. The third-order valence-electron chi connectivity index (χ3n) is 5.43. The van der Waals surface area contributed by atoms with Crippen molar-refractivity contribution in [2.45, 2.75) is 19.8 Å². The van der Waals surface area contributed by atoms with E-state index >= 15 is 0 Å². The van der Waals surface area contributed by atoms with Crippen LogP contribution >= 0.6 is 0 Å². The number of benzene rings is 2. The molecule has 1 heterocycles. The monoisotopic (exact) mass is 397 g/mol. The van der Waals surface area contributed by atoms with Gasteiger partial charge in [0, 0.05) is 32.6 Å². The second-order valence-electron chi connectivity index (χ2n) is 7.18. The zero-order valence-electron chi connectivity index (χ0n) is 17.6. The second-order valence-corrected chi connectivity index (χ2v) is 7.18. The van der Waals surface area contributed by atoms with E-state index in [0.717, 1.165) is 49.7 Å². The third-order valence-corrected chi connectivity index (χ3v) is 5.43. The summed E-state index contributed by atoms with van der Waals surface area (Å²) in [5.41, 5.74) is 3.03. The fraction of sp³-hybridized carbons (Fsp3) is 0.435. The summed E-state index contributed by atoms with van der Waals surface area (Å²) in [6.07, 6.45) is 1.05. The molecule has 0 atom stereocenters. The molecule has 1 fully saturated rings. The fourth-order valence-electron chi connectivity index (χ4n) is 3.67. The summed E-state index contributed by atoms with van der Waals surface area (Å²) in [6, 6.07) is 13.8. The molecule has 0 aromatic heterocycles. The fourth-order valence-corrected chi connectivity index (χ4v) is 3.67. The number of carbonyl (C=O) groups is 1. The SMILES string of the molecule is CCN1CCN(c2ccccc2NC(=O)CCc2ccc(OC)c(OC)c2)CC1. The van der Waals surface area contributed by atoms with Crippen LogP contribution in [0.4, 0.5) is 11.4 Å². The quantitative estimate of drug-likeness (QED) is 0.740. The first-order chi connectivity index (χ1) is 14.1. The number of anilines is 2. The Kier molecular flexibility index (Phi) is 7.36. The Hall–Kier alpha value is -2.73. The number of rotatable bonds is 8. The molecule has 156 valence electrons. The minimum atomic E-state index is 0.0134. The van der Waals surface area contributed by atoms with Crippen LogP contribution in [0.5, 0.6) is 11.5 Å². The number of hydrogen-bond donors (Lipinski definition) is 1. The molecule has 1 saturated heterocycles. The van der Waals surface area contributed by atoms with Gasteiger partial charge in [0.2, 0.25) is 5.91 Å². The first kappa shape index (κ1) is 21.0. The van der Waals surface area contributed by atoms with Crippen molar-refractivity contribution in [3.8, 4) is 11.5 Å². The van der Waals surface area contributed by atoms with Crippen LogP contribution in [0, 0.1) is 0 Å². The van der Waals surface area contributed by atoms with Gasteiger partial charge >= 0.3 is 0 Å². The van der Waals surface area contributed by atoms with Gasteiger partial charge in [-0.05, 0) is 42.8 Å². The highest BCUT2D eigenvalue weighted by atomic mass is 16.5. The molecule has 0 saturated carbocycles. The van der Waals surface area contributed by atoms with Gasteiger partial charge in [-0.2, -0.15) is 0 Å². The summed E-state index contributed by atoms with van der Waals surface area (Å²) in [7, 11) is 3.23. The zero-order valence-corrected chi connectivity index (χ0v) is 17.6. The lowest BCUT2D eigenvalue weighted by molar-refractivity contribution is -0.116. The molecule has 0 radical (unpaired) electrons. The zero-order chi connectivity index (χ0) is 20.6. The largest absolute Gasteiger partial charge is 0.493 e. The van der Waals surface area contributed by atoms with E-state index in [4.69, 9.17) is 9.47 Å². The molecule has 1 aliphatic rings. The maximum atomic E-state index is 12.6. The van der Waals surface area contributed by atoms with Crippen LogP contribution in [-0.4, -0.2) is 57.8 Å². The summed E-state index contributed by atoms with van der Waals surface area (Å²) in [4.78, 5) is 17.4. The molecule has 6 nitrogen and oxygen atoms in total. The van der Waals surface area contributed by atoms with Gasteiger partial charge in [0.1, 0.15) is 0 Å². The van der Waals surface area contributed by atoms with Gasteiger partial charge in [0.25, 0.3) is 0 Å². The number of carbonyl (C=O) groups excluding carboxylic acids is 1. The number of aryl methyl sites for hydroxylation is 1. The Balaban J connectivity index is 1.60. The van der Waals surface area contributed by atoms with Gasteiger partial charge in [-0.1, -0.05) is 25.1 Å². The first-order valence-electron chi connectivity index (χ1n) is 10.2. The van der Waals surface area contributed by atoms with Crippen LogP contribution in [0.2, 0.25) is 0 Å². The normalized spacial score (nSPS) is 14.5. The molecular weight excluding hydrogens is 366 g/mol. The standard InChI is InChI=1S/C23H31N3O3/c1-4-25-13-15-26(16-14-25)20-8-6-5-7-19(20)24-23(27)12-10-18-9-11-21(28-2)22(17-18)29-3/h5-9,11,17H,4,10,12-16H2,1-3H3,(H,24,27). The molecule has 1 aliphatic heterocycles. The number of para-hydroxylation sites is 2. The maximum absolute atomic E-state index is 12.6. The van der Waals surface area contributed by atoms with Crippen molar-refractivity contribution in [2.24, 2.45) is 0 Å². The number of methoxy groups -OCH3 is 2. The van der Waals surface area contributed by atoms with Crippen LogP contribution in [0.3, 0.4) is 0 Å². The minimum absolute atomic E-state index is 0.0134. The predicted octanol–water partition coefficient (Wildman–Crippen LogP) is 3.42. The van der Waals surface area contributed by atoms with E-state index in [9.17, 15) is 4.79 Å². The van der Waals surface area contributed by atoms with Gasteiger partial charge < -0.3 is 24.6 Å². The Morgan fingerprint density at radius 3 is 2.41 bits per heavy atom. The van der Waals surface area contributed by atoms with Crippen molar-refractivity contribution >= 4 is 17.3 Å². The molecule has 3 rings (SSSR count). The van der Waals surface area contributed by atoms with Gasteiger partial charge in [-0.15, -0.1) is 0 Å². The number of piperazine rings is 1. The molecule has 2 aromatic carbocycles. The lowest BCUT2D eigenvalue weighted by Gasteiger charge is -2.36. The van der Waals surface area contributed by atoms with Gasteiger partial charge in [0.15, 0.2) is 11.5 Å². The van der Waals surface area contributed by atoms with Crippen LogP contribution in [0.15, 0.2) is 42.5 Å². The molecule has 0 spiro atoms. The average molecular weight is 398 g/mol. The number of hydrogen-bond acceptors (Lipinski definition) is 5. The Labute approximate surface area is 173 Å². The molecular formula is C23H31N3O3. The van der Waals surface area contributed by atoms with E-state index in [1.807, 2.05) is 36.4 Å². The molecule has 6 heteroatoms. The third kappa shape index (κ3) is 5.41. The lowest BCUT2D eigenvalue weighted by atomic mass is 10.1. The van der Waals surface area contributed by atoms with E-state index in [2.05, 4.69) is 28.1 Å². The summed E-state index contributed by atoms with van der Waals surface area (Å²) in [5.74, 6) is 1.39. The van der Waals surface area contributed by atoms with E-state index in [1.165, 1.54) is 0 Å². The highest BCUT2D eigenvalue weighted by Crippen LogP contribution is 2.29. The molecule has 29 heavy (non-hydrogen) atoms. The Bertz CT molecular complexity index is 817. The Morgan fingerprint density at radius 2 is 1.72 bits per heavy atom. The predicted molar refractivity (Wildman–Crippen MR) is 117 cm³/mol. The maximum Gasteiger partial charge on any atom is 0.224 e.